The Hall–Kier alpha value is -1.73. The van der Waals surface area contributed by atoms with Crippen molar-refractivity contribution in [3.63, 3.8) is 0 Å². The van der Waals surface area contributed by atoms with Crippen molar-refractivity contribution in [3.05, 3.63) is 51.1 Å². The number of hydrogen-bond donors (Lipinski definition) is 2. The van der Waals surface area contributed by atoms with E-state index in [9.17, 15) is 14.0 Å². The molecule has 19 heavy (non-hydrogen) atoms. The molecular formula is C12H8BrFN2O2S. The number of primary amides is 1. The second-order valence-corrected chi connectivity index (χ2v) is 5.38. The summed E-state index contributed by atoms with van der Waals surface area (Å²) in [4.78, 5) is 23.1. The molecule has 0 radical (unpaired) electrons. The van der Waals surface area contributed by atoms with Crippen molar-refractivity contribution in [2.75, 3.05) is 5.32 Å². The highest BCUT2D eigenvalue weighted by Crippen LogP contribution is 2.25. The van der Waals surface area contributed by atoms with E-state index in [-0.39, 0.29) is 11.1 Å². The molecule has 0 spiro atoms. The fourth-order valence-electron chi connectivity index (χ4n) is 1.44. The molecule has 0 aliphatic heterocycles. The normalized spacial score (nSPS) is 10.2. The number of nitrogens with one attached hydrogen (secondary N) is 1. The van der Waals surface area contributed by atoms with Crippen LogP contribution in [0.4, 0.5) is 9.39 Å². The molecule has 0 fully saturated rings. The molecule has 0 bridgehead atoms. The van der Waals surface area contributed by atoms with Crippen molar-refractivity contribution in [2.24, 2.45) is 5.73 Å². The molecule has 98 valence electrons. The third-order valence-corrected chi connectivity index (χ3v) is 3.85. The number of benzene rings is 1. The summed E-state index contributed by atoms with van der Waals surface area (Å²) >= 11 is 4.34. The maximum absolute atomic E-state index is 13.1. The van der Waals surface area contributed by atoms with Crippen LogP contribution in [0.3, 0.4) is 0 Å². The van der Waals surface area contributed by atoms with Gasteiger partial charge in [0, 0.05) is 4.47 Å². The third kappa shape index (κ3) is 2.99. The molecule has 3 N–H and O–H groups in total. The van der Waals surface area contributed by atoms with Crippen LogP contribution in [-0.4, -0.2) is 11.8 Å². The number of amides is 2. The van der Waals surface area contributed by atoms with E-state index in [1.54, 1.807) is 5.38 Å². The summed E-state index contributed by atoms with van der Waals surface area (Å²) in [5.41, 5.74) is 5.54. The van der Waals surface area contributed by atoms with Gasteiger partial charge in [0.1, 0.15) is 10.8 Å². The van der Waals surface area contributed by atoms with Crippen LogP contribution < -0.4 is 11.1 Å². The van der Waals surface area contributed by atoms with Gasteiger partial charge in [-0.1, -0.05) is 0 Å². The van der Waals surface area contributed by atoms with E-state index in [4.69, 9.17) is 5.73 Å². The molecule has 2 rings (SSSR count). The first kappa shape index (κ1) is 13.7. The van der Waals surface area contributed by atoms with Crippen LogP contribution in [0.15, 0.2) is 34.1 Å². The van der Waals surface area contributed by atoms with Crippen LogP contribution in [0.25, 0.3) is 0 Å². The van der Waals surface area contributed by atoms with Gasteiger partial charge in [-0.15, -0.1) is 11.3 Å². The maximum atomic E-state index is 13.1. The number of carbonyl (C=O) groups excluding carboxylic acids is 2. The lowest BCUT2D eigenvalue weighted by Gasteiger charge is -2.06. The average molecular weight is 343 g/mol. The molecule has 0 atom stereocenters. The minimum absolute atomic E-state index is 0.142. The number of carbonyl (C=O) groups is 2. The van der Waals surface area contributed by atoms with Crippen LogP contribution in [0.1, 0.15) is 20.7 Å². The van der Waals surface area contributed by atoms with E-state index in [2.05, 4.69) is 21.2 Å². The fraction of sp³-hybridized carbons (Fsp3) is 0. The van der Waals surface area contributed by atoms with Crippen LogP contribution in [0.2, 0.25) is 0 Å². The summed E-state index contributed by atoms with van der Waals surface area (Å²) in [7, 11) is 0. The van der Waals surface area contributed by atoms with Crippen LogP contribution in [-0.2, 0) is 0 Å². The van der Waals surface area contributed by atoms with Crippen LogP contribution in [0.5, 0.6) is 0 Å². The second-order valence-electron chi connectivity index (χ2n) is 3.61. The molecule has 0 saturated heterocycles. The Labute approximate surface area is 120 Å². The SMILES string of the molecule is NC(=O)c1ccsc1NC(=O)c1cc(F)ccc1Br. The van der Waals surface area contributed by atoms with Crippen molar-refractivity contribution < 1.29 is 14.0 Å². The molecule has 0 aliphatic carbocycles. The summed E-state index contributed by atoms with van der Waals surface area (Å²) in [6.45, 7) is 0. The Balaban J connectivity index is 2.28. The smallest absolute Gasteiger partial charge is 0.257 e. The summed E-state index contributed by atoms with van der Waals surface area (Å²) in [6.07, 6.45) is 0. The Morgan fingerprint density at radius 1 is 1.26 bits per heavy atom. The summed E-state index contributed by atoms with van der Waals surface area (Å²) in [6, 6.07) is 5.30. The zero-order valence-electron chi connectivity index (χ0n) is 9.44. The van der Waals surface area contributed by atoms with Gasteiger partial charge in [-0.2, -0.15) is 0 Å². The third-order valence-electron chi connectivity index (χ3n) is 2.33. The van der Waals surface area contributed by atoms with Gasteiger partial charge < -0.3 is 11.1 Å². The van der Waals surface area contributed by atoms with Crippen molar-refractivity contribution in [1.82, 2.24) is 0 Å². The van der Waals surface area contributed by atoms with E-state index in [0.29, 0.717) is 9.47 Å². The van der Waals surface area contributed by atoms with Gasteiger partial charge in [0.05, 0.1) is 11.1 Å². The Morgan fingerprint density at radius 3 is 2.68 bits per heavy atom. The van der Waals surface area contributed by atoms with E-state index in [0.717, 1.165) is 6.07 Å². The van der Waals surface area contributed by atoms with Crippen molar-refractivity contribution >= 4 is 44.1 Å². The first-order valence-electron chi connectivity index (χ1n) is 5.12. The van der Waals surface area contributed by atoms with E-state index >= 15 is 0 Å². The van der Waals surface area contributed by atoms with E-state index < -0.39 is 17.6 Å². The number of hydrogen-bond acceptors (Lipinski definition) is 3. The first-order valence-corrected chi connectivity index (χ1v) is 6.80. The minimum Gasteiger partial charge on any atom is -0.366 e. The topological polar surface area (TPSA) is 72.2 Å². The zero-order chi connectivity index (χ0) is 14.0. The Kier molecular flexibility index (Phi) is 3.96. The van der Waals surface area contributed by atoms with Gasteiger partial charge in [0.15, 0.2) is 0 Å². The van der Waals surface area contributed by atoms with Crippen molar-refractivity contribution in [1.29, 1.82) is 0 Å². The Morgan fingerprint density at radius 2 is 2.00 bits per heavy atom. The number of nitrogens with two attached hydrogens (primary N) is 1. The summed E-state index contributed by atoms with van der Waals surface area (Å²) in [5, 5.41) is 4.51. The lowest BCUT2D eigenvalue weighted by Crippen LogP contribution is -2.17. The molecule has 4 nitrogen and oxygen atoms in total. The van der Waals surface area contributed by atoms with Crippen LogP contribution >= 0.6 is 27.3 Å². The van der Waals surface area contributed by atoms with Gasteiger partial charge >= 0.3 is 0 Å². The molecule has 0 unspecified atom stereocenters. The number of anilines is 1. The minimum atomic E-state index is -0.630. The molecule has 1 heterocycles. The van der Waals surface area contributed by atoms with Gasteiger partial charge in [0.2, 0.25) is 0 Å². The number of rotatable bonds is 3. The van der Waals surface area contributed by atoms with Gasteiger partial charge in [-0.05, 0) is 45.6 Å². The highest BCUT2D eigenvalue weighted by atomic mass is 79.9. The monoisotopic (exact) mass is 342 g/mol. The lowest BCUT2D eigenvalue weighted by atomic mass is 10.2. The zero-order valence-corrected chi connectivity index (χ0v) is 11.8. The van der Waals surface area contributed by atoms with Crippen LogP contribution in [0, 0.1) is 5.82 Å². The largest absolute Gasteiger partial charge is 0.366 e. The predicted octanol–water partition coefficient (Wildman–Crippen LogP) is 3.00. The quantitative estimate of drug-likeness (QED) is 0.899. The molecule has 0 aliphatic rings. The average Bonchev–Trinajstić information content (AvgIpc) is 2.80. The first-order chi connectivity index (χ1) is 8.99. The number of thiophene rings is 1. The molecule has 2 aromatic rings. The highest BCUT2D eigenvalue weighted by Gasteiger charge is 2.16. The second kappa shape index (κ2) is 5.50. The molecule has 1 aromatic carbocycles. The van der Waals surface area contributed by atoms with Gasteiger partial charge in [0.25, 0.3) is 11.8 Å². The van der Waals surface area contributed by atoms with Gasteiger partial charge in [-0.3, -0.25) is 9.59 Å². The summed E-state index contributed by atoms with van der Waals surface area (Å²) < 4.78 is 13.6. The predicted molar refractivity (Wildman–Crippen MR) is 74.9 cm³/mol. The molecular weight excluding hydrogens is 335 g/mol. The van der Waals surface area contributed by atoms with E-state index in [1.807, 2.05) is 0 Å². The van der Waals surface area contributed by atoms with Crippen molar-refractivity contribution in [3.8, 4) is 0 Å². The fourth-order valence-corrected chi connectivity index (χ4v) is 2.66. The van der Waals surface area contributed by atoms with E-state index in [1.165, 1.54) is 29.5 Å². The standard InChI is InChI=1S/C12H8BrFN2O2S/c13-9-2-1-6(14)5-8(9)11(18)16-12-7(10(15)17)3-4-19-12/h1-5H,(H2,15,17)(H,16,18). The molecule has 2 amide bonds. The maximum Gasteiger partial charge on any atom is 0.257 e. The summed E-state index contributed by atoms with van der Waals surface area (Å²) in [5.74, 6) is -1.67. The molecule has 7 heteroatoms. The Bertz CT molecular complexity index is 657. The molecule has 0 saturated carbocycles. The molecule has 1 aromatic heterocycles. The van der Waals surface area contributed by atoms with Gasteiger partial charge in [-0.25, -0.2) is 4.39 Å². The number of halogens is 2. The lowest BCUT2D eigenvalue weighted by molar-refractivity contribution is 0.100. The van der Waals surface area contributed by atoms with Crippen molar-refractivity contribution in [2.45, 2.75) is 0 Å². The highest BCUT2D eigenvalue weighted by molar-refractivity contribution is 9.10.